The standard InChI is InChI=1S/C15H29N3O9/c1-7(19)10(22)12(24,9(3)21)14(26,17-5)15(27,18-6)13(25,16-4)11(23)8(2)20/h10-11,16-18,22-27H,1-6H3/t10?,11?,12-,13+,14-,15-/m1/s1. The van der Waals surface area contributed by atoms with Crippen molar-refractivity contribution in [1.29, 1.82) is 0 Å². The summed E-state index contributed by atoms with van der Waals surface area (Å²) in [5, 5.41) is 70.3. The zero-order valence-corrected chi connectivity index (χ0v) is 16.1. The van der Waals surface area contributed by atoms with Gasteiger partial charge in [0.2, 0.25) is 17.1 Å². The maximum atomic E-state index is 12.2. The van der Waals surface area contributed by atoms with Crippen molar-refractivity contribution >= 4 is 17.3 Å². The molecule has 0 aromatic heterocycles. The number of hydrogen-bond donors (Lipinski definition) is 9. The number of hydrogen-bond acceptors (Lipinski definition) is 12. The van der Waals surface area contributed by atoms with Gasteiger partial charge in [0.1, 0.15) is 0 Å². The molecule has 9 N–H and O–H groups in total. The molecule has 0 bridgehead atoms. The van der Waals surface area contributed by atoms with Gasteiger partial charge >= 0.3 is 0 Å². The highest BCUT2D eigenvalue weighted by atomic mass is 16.5. The minimum absolute atomic E-state index is 0.713. The van der Waals surface area contributed by atoms with Gasteiger partial charge in [-0.25, -0.2) is 0 Å². The number of carbonyl (C=O) groups is 3. The van der Waals surface area contributed by atoms with Crippen LogP contribution in [-0.4, -0.2) is 104 Å². The fourth-order valence-corrected chi connectivity index (χ4v) is 3.04. The van der Waals surface area contributed by atoms with E-state index in [1.807, 2.05) is 10.6 Å². The lowest BCUT2D eigenvalue weighted by Gasteiger charge is -2.57. The van der Waals surface area contributed by atoms with E-state index in [1.54, 1.807) is 0 Å². The van der Waals surface area contributed by atoms with E-state index in [-0.39, 0.29) is 0 Å². The number of aliphatic hydroxyl groups is 6. The Balaban J connectivity index is 7.08. The lowest BCUT2D eigenvalue weighted by Crippen LogP contribution is -2.91. The van der Waals surface area contributed by atoms with Crippen LogP contribution in [0.1, 0.15) is 20.8 Å². The summed E-state index contributed by atoms with van der Waals surface area (Å²) in [5.41, 5.74) is -13.3. The van der Waals surface area contributed by atoms with Gasteiger partial charge in [0.15, 0.2) is 35.3 Å². The van der Waals surface area contributed by atoms with Gasteiger partial charge in [0.05, 0.1) is 0 Å². The maximum absolute atomic E-state index is 12.2. The van der Waals surface area contributed by atoms with E-state index in [0.717, 1.165) is 35.0 Å². The van der Waals surface area contributed by atoms with E-state index in [0.29, 0.717) is 6.92 Å². The van der Waals surface area contributed by atoms with E-state index in [2.05, 4.69) is 5.32 Å². The summed E-state index contributed by atoms with van der Waals surface area (Å²) >= 11 is 0. The molecule has 0 saturated heterocycles. The highest BCUT2D eigenvalue weighted by Crippen LogP contribution is 2.39. The molecular weight excluding hydrogens is 366 g/mol. The van der Waals surface area contributed by atoms with Gasteiger partial charge in [-0.1, -0.05) is 0 Å². The van der Waals surface area contributed by atoms with E-state index in [1.165, 1.54) is 0 Å². The van der Waals surface area contributed by atoms with Crippen LogP contribution in [0.25, 0.3) is 0 Å². The summed E-state index contributed by atoms with van der Waals surface area (Å²) in [5.74, 6) is -3.58. The smallest absolute Gasteiger partial charge is 0.208 e. The van der Waals surface area contributed by atoms with E-state index >= 15 is 0 Å². The number of aliphatic hydroxyl groups excluding tert-OH is 2. The third kappa shape index (κ3) is 3.44. The fraction of sp³-hybridized carbons (Fsp3) is 0.800. The second-order valence-corrected chi connectivity index (χ2v) is 6.29. The zero-order valence-electron chi connectivity index (χ0n) is 16.1. The normalized spacial score (nSPS) is 23.1. The molecule has 0 spiro atoms. The van der Waals surface area contributed by atoms with Crippen molar-refractivity contribution in [2.24, 2.45) is 0 Å². The molecule has 12 nitrogen and oxygen atoms in total. The number of carbonyl (C=O) groups excluding carboxylic acids is 3. The van der Waals surface area contributed by atoms with Crippen LogP contribution in [0, 0.1) is 0 Å². The highest BCUT2D eigenvalue weighted by Gasteiger charge is 2.75. The first kappa shape index (κ1) is 25.6. The first-order valence-corrected chi connectivity index (χ1v) is 7.93. The van der Waals surface area contributed by atoms with Gasteiger partial charge < -0.3 is 30.6 Å². The van der Waals surface area contributed by atoms with Gasteiger partial charge in [-0.15, -0.1) is 0 Å². The first-order chi connectivity index (χ1) is 12.1. The van der Waals surface area contributed by atoms with Crippen LogP contribution in [0.3, 0.4) is 0 Å². The average molecular weight is 395 g/mol. The molecule has 0 heterocycles. The maximum Gasteiger partial charge on any atom is 0.208 e. The summed E-state index contributed by atoms with van der Waals surface area (Å²) in [4.78, 5) is 35.4. The van der Waals surface area contributed by atoms with Crippen molar-refractivity contribution in [2.75, 3.05) is 21.1 Å². The Hall–Kier alpha value is -1.35. The Morgan fingerprint density at radius 3 is 1.30 bits per heavy atom. The van der Waals surface area contributed by atoms with Crippen molar-refractivity contribution in [2.45, 2.75) is 55.8 Å². The van der Waals surface area contributed by atoms with Crippen molar-refractivity contribution < 1.29 is 45.0 Å². The lowest BCUT2D eigenvalue weighted by atomic mass is 9.69. The molecule has 158 valence electrons. The quantitative estimate of drug-likeness (QED) is 0.151. The van der Waals surface area contributed by atoms with E-state index < -0.39 is 52.3 Å². The van der Waals surface area contributed by atoms with E-state index in [4.69, 9.17) is 0 Å². The van der Waals surface area contributed by atoms with Gasteiger partial charge in [-0.3, -0.25) is 30.3 Å². The van der Waals surface area contributed by atoms with Crippen LogP contribution in [0.5, 0.6) is 0 Å². The first-order valence-electron chi connectivity index (χ1n) is 7.93. The summed E-state index contributed by atoms with van der Waals surface area (Å²) < 4.78 is 0. The Morgan fingerprint density at radius 1 is 0.704 bits per heavy atom. The number of ketones is 3. The summed E-state index contributed by atoms with van der Waals surface area (Å²) in [6, 6.07) is 0. The van der Waals surface area contributed by atoms with Crippen LogP contribution in [0.4, 0.5) is 0 Å². The van der Waals surface area contributed by atoms with E-state index in [9.17, 15) is 45.0 Å². The SMILES string of the molecule is CN[C@](O)([C@@](O)(NC)[C@](O)(NC)C(O)C(C)=O)[C@@](O)(C(C)=O)C(O)C(C)=O. The minimum Gasteiger partial charge on any atom is -0.382 e. The van der Waals surface area contributed by atoms with Gasteiger partial charge in [-0.05, 0) is 41.9 Å². The van der Waals surface area contributed by atoms with Crippen LogP contribution in [0.2, 0.25) is 0 Å². The number of likely N-dealkylation sites (N-methyl/N-ethyl adjacent to an activating group) is 3. The molecule has 0 aliphatic carbocycles. The molecule has 0 radical (unpaired) electrons. The molecule has 0 aliphatic rings. The summed E-state index contributed by atoms with van der Waals surface area (Å²) in [7, 11) is 2.89. The predicted molar refractivity (Wildman–Crippen MR) is 91.0 cm³/mol. The molecule has 0 rings (SSSR count). The van der Waals surface area contributed by atoms with Crippen molar-refractivity contribution in [1.82, 2.24) is 16.0 Å². The van der Waals surface area contributed by atoms with Crippen LogP contribution < -0.4 is 16.0 Å². The van der Waals surface area contributed by atoms with Crippen LogP contribution in [-0.2, 0) is 14.4 Å². The Bertz CT molecular complexity index is 603. The Labute approximate surface area is 156 Å². The molecule has 0 aromatic rings. The summed E-state index contributed by atoms with van der Waals surface area (Å²) in [6.45, 7) is 2.38. The topological polar surface area (TPSA) is 209 Å². The third-order valence-electron chi connectivity index (χ3n) is 4.83. The molecule has 12 heteroatoms. The largest absolute Gasteiger partial charge is 0.382 e. The Morgan fingerprint density at radius 2 is 1.07 bits per heavy atom. The molecule has 2 unspecified atom stereocenters. The minimum atomic E-state index is -3.42. The highest BCUT2D eigenvalue weighted by molar-refractivity contribution is 5.95. The average Bonchev–Trinajstić information content (AvgIpc) is 2.62. The van der Waals surface area contributed by atoms with Gasteiger partial charge in [0, 0.05) is 0 Å². The van der Waals surface area contributed by atoms with Gasteiger partial charge in [-0.2, -0.15) is 0 Å². The Kier molecular flexibility index (Phi) is 7.93. The molecule has 0 fully saturated rings. The summed E-state index contributed by atoms with van der Waals surface area (Å²) in [6.07, 6.45) is -4.94. The monoisotopic (exact) mass is 395 g/mol. The molecular formula is C15H29N3O9. The number of nitrogens with one attached hydrogen (secondary N) is 3. The van der Waals surface area contributed by atoms with Crippen molar-refractivity contribution in [3.63, 3.8) is 0 Å². The van der Waals surface area contributed by atoms with Crippen molar-refractivity contribution in [3.05, 3.63) is 0 Å². The number of Topliss-reactive ketones (excluding diaryl/α,β-unsaturated/α-hetero) is 3. The molecule has 0 aliphatic heterocycles. The molecule has 0 saturated carbocycles. The fourth-order valence-electron chi connectivity index (χ4n) is 3.04. The lowest BCUT2D eigenvalue weighted by molar-refractivity contribution is -0.340. The molecule has 6 atom stereocenters. The van der Waals surface area contributed by atoms with Crippen LogP contribution in [0.15, 0.2) is 0 Å². The molecule has 0 aromatic carbocycles. The molecule has 0 amide bonds. The van der Waals surface area contributed by atoms with Gasteiger partial charge in [0.25, 0.3) is 0 Å². The predicted octanol–water partition coefficient (Wildman–Crippen LogP) is -5.07. The third-order valence-corrected chi connectivity index (χ3v) is 4.83. The van der Waals surface area contributed by atoms with Crippen molar-refractivity contribution in [3.8, 4) is 0 Å². The second kappa shape index (κ2) is 8.34. The van der Waals surface area contributed by atoms with Crippen LogP contribution >= 0.6 is 0 Å². The molecule has 27 heavy (non-hydrogen) atoms. The number of rotatable bonds is 11. The zero-order chi connectivity index (χ0) is 22.0. The second-order valence-electron chi connectivity index (χ2n) is 6.29.